The van der Waals surface area contributed by atoms with Crippen LogP contribution in [-0.2, 0) is 10.0 Å². The Morgan fingerprint density at radius 2 is 1.92 bits per heavy atom. The summed E-state index contributed by atoms with van der Waals surface area (Å²) in [7, 11) is -3.76. The van der Waals surface area contributed by atoms with Gasteiger partial charge in [-0.2, -0.15) is 5.10 Å². The quantitative estimate of drug-likeness (QED) is 0.577. The fourth-order valence-electron chi connectivity index (χ4n) is 2.08. The topological polar surface area (TPSA) is 102 Å². The van der Waals surface area contributed by atoms with E-state index >= 15 is 0 Å². The second kappa shape index (κ2) is 8.00. The maximum atomic E-state index is 12.3. The van der Waals surface area contributed by atoms with Crippen LogP contribution in [0, 0.1) is 0 Å². The van der Waals surface area contributed by atoms with E-state index in [0.29, 0.717) is 23.2 Å². The minimum atomic E-state index is -3.76. The van der Waals surface area contributed by atoms with Crippen molar-refractivity contribution in [3.8, 4) is 5.82 Å². The van der Waals surface area contributed by atoms with Crippen LogP contribution in [-0.4, -0.2) is 41.5 Å². The number of hydrogen-bond acceptors (Lipinski definition) is 6. The van der Waals surface area contributed by atoms with Gasteiger partial charge >= 0.3 is 0 Å². The predicted molar refractivity (Wildman–Crippen MR) is 99.3 cm³/mol. The Balaban J connectivity index is 1.54. The second-order valence-electron chi connectivity index (χ2n) is 5.13. The second-order valence-corrected chi connectivity index (χ2v) is 7.71. The molecule has 0 aliphatic rings. The third-order valence-corrected chi connectivity index (χ3v) is 5.47. The summed E-state index contributed by atoms with van der Waals surface area (Å²) < 4.78 is 28.6. The highest BCUT2D eigenvalue weighted by molar-refractivity contribution is 7.89. The van der Waals surface area contributed by atoms with Crippen LogP contribution >= 0.6 is 23.2 Å². The molecule has 0 amide bonds. The van der Waals surface area contributed by atoms with E-state index in [1.54, 1.807) is 35.3 Å². The van der Waals surface area contributed by atoms with Gasteiger partial charge in [-0.05, 0) is 36.4 Å². The van der Waals surface area contributed by atoms with Crippen molar-refractivity contribution >= 4 is 39.0 Å². The van der Waals surface area contributed by atoms with E-state index in [9.17, 15) is 8.42 Å². The van der Waals surface area contributed by atoms with Gasteiger partial charge in [0.25, 0.3) is 0 Å². The summed E-state index contributed by atoms with van der Waals surface area (Å²) in [5.41, 5.74) is 0. The molecule has 3 aromatic rings. The number of halogens is 2. The highest BCUT2D eigenvalue weighted by atomic mass is 35.5. The molecule has 1 aromatic carbocycles. The minimum Gasteiger partial charge on any atom is -0.367 e. The molecule has 2 N–H and O–H groups in total. The largest absolute Gasteiger partial charge is 0.367 e. The molecule has 2 aromatic heterocycles. The van der Waals surface area contributed by atoms with Gasteiger partial charge in [-0.3, -0.25) is 0 Å². The number of aromatic nitrogens is 4. The molecule has 0 radical (unpaired) electrons. The van der Waals surface area contributed by atoms with Gasteiger partial charge in [-0.1, -0.05) is 23.2 Å². The fourth-order valence-corrected chi connectivity index (χ4v) is 3.88. The molecular formula is C15H14Cl2N6O2S. The number of rotatable bonds is 7. The lowest BCUT2D eigenvalue weighted by Gasteiger charge is -2.10. The Kier molecular flexibility index (Phi) is 5.72. The van der Waals surface area contributed by atoms with Gasteiger partial charge < -0.3 is 5.32 Å². The zero-order valence-electron chi connectivity index (χ0n) is 13.3. The van der Waals surface area contributed by atoms with Crippen LogP contribution in [0.2, 0.25) is 10.0 Å². The summed E-state index contributed by atoms with van der Waals surface area (Å²) in [6.45, 7) is 0.445. The number of sulfonamides is 1. The SMILES string of the molecule is O=S(=O)(NCCNc1ccc(-n2cccn2)nn1)c1cc(Cl)ccc1Cl. The smallest absolute Gasteiger partial charge is 0.242 e. The first-order valence-electron chi connectivity index (χ1n) is 7.48. The summed E-state index contributed by atoms with van der Waals surface area (Å²) >= 11 is 11.8. The summed E-state index contributed by atoms with van der Waals surface area (Å²) in [4.78, 5) is -0.0602. The number of anilines is 1. The number of nitrogens with one attached hydrogen (secondary N) is 2. The maximum Gasteiger partial charge on any atom is 0.242 e. The minimum absolute atomic E-state index is 0.0602. The third kappa shape index (κ3) is 4.50. The molecular weight excluding hydrogens is 399 g/mol. The normalized spacial score (nSPS) is 11.5. The van der Waals surface area contributed by atoms with Crippen LogP contribution < -0.4 is 10.0 Å². The van der Waals surface area contributed by atoms with Crippen LogP contribution in [0.25, 0.3) is 5.82 Å². The van der Waals surface area contributed by atoms with Gasteiger partial charge in [-0.15, -0.1) is 10.2 Å². The Labute approximate surface area is 160 Å². The van der Waals surface area contributed by atoms with Crippen molar-refractivity contribution in [2.75, 3.05) is 18.4 Å². The van der Waals surface area contributed by atoms with Gasteiger partial charge in [0.2, 0.25) is 10.0 Å². The van der Waals surface area contributed by atoms with Crippen molar-refractivity contribution in [2.45, 2.75) is 4.90 Å². The van der Waals surface area contributed by atoms with E-state index in [0.717, 1.165) is 0 Å². The van der Waals surface area contributed by atoms with Crippen LogP contribution in [0.3, 0.4) is 0 Å². The average molecular weight is 413 g/mol. The first-order valence-corrected chi connectivity index (χ1v) is 9.72. The highest BCUT2D eigenvalue weighted by Crippen LogP contribution is 2.24. The number of benzene rings is 1. The van der Waals surface area contributed by atoms with Gasteiger partial charge in [0.05, 0.1) is 5.02 Å². The van der Waals surface area contributed by atoms with E-state index in [-0.39, 0.29) is 16.5 Å². The number of nitrogens with zero attached hydrogens (tertiary/aromatic N) is 4. The van der Waals surface area contributed by atoms with Crippen LogP contribution in [0.15, 0.2) is 53.7 Å². The summed E-state index contributed by atoms with van der Waals surface area (Å²) in [6.07, 6.45) is 3.40. The van der Waals surface area contributed by atoms with E-state index in [1.165, 1.54) is 18.2 Å². The lowest BCUT2D eigenvalue weighted by atomic mass is 10.4. The fraction of sp³-hybridized carbons (Fsp3) is 0.133. The Hall–Kier alpha value is -2.20. The molecule has 0 saturated heterocycles. The highest BCUT2D eigenvalue weighted by Gasteiger charge is 2.17. The zero-order chi connectivity index (χ0) is 18.6. The summed E-state index contributed by atoms with van der Waals surface area (Å²) in [5, 5.41) is 15.5. The first-order chi connectivity index (χ1) is 12.5. The molecule has 3 rings (SSSR count). The molecule has 0 unspecified atom stereocenters. The summed E-state index contributed by atoms with van der Waals surface area (Å²) in [6, 6.07) is 9.53. The van der Waals surface area contributed by atoms with Crippen LogP contribution in [0.4, 0.5) is 5.82 Å². The molecule has 2 heterocycles. The van der Waals surface area contributed by atoms with Crippen molar-refractivity contribution in [1.29, 1.82) is 0 Å². The average Bonchev–Trinajstić information content (AvgIpc) is 3.16. The van der Waals surface area contributed by atoms with Crippen molar-refractivity contribution in [3.05, 3.63) is 58.8 Å². The molecule has 0 spiro atoms. The molecule has 0 aliphatic heterocycles. The lowest BCUT2D eigenvalue weighted by molar-refractivity contribution is 0.583. The van der Waals surface area contributed by atoms with Crippen molar-refractivity contribution in [2.24, 2.45) is 0 Å². The van der Waals surface area contributed by atoms with Gasteiger partial charge in [0, 0.05) is 30.5 Å². The van der Waals surface area contributed by atoms with E-state index < -0.39 is 10.0 Å². The summed E-state index contributed by atoms with van der Waals surface area (Å²) in [5.74, 6) is 1.10. The van der Waals surface area contributed by atoms with Gasteiger partial charge in [-0.25, -0.2) is 17.8 Å². The molecule has 11 heteroatoms. The van der Waals surface area contributed by atoms with E-state index in [1.807, 2.05) is 0 Å². The maximum absolute atomic E-state index is 12.3. The lowest BCUT2D eigenvalue weighted by Crippen LogP contribution is -2.29. The number of hydrogen-bond donors (Lipinski definition) is 2. The Morgan fingerprint density at radius 3 is 2.62 bits per heavy atom. The first kappa shape index (κ1) is 18.6. The molecule has 0 fully saturated rings. The molecule has 136 valence electrons. The Morgan fingerprint density at radius 1 is 1.08 bits per heavy atom. The Bertz CT molecular complexity index is 978. The predicted octanol–water partition coefficient (Wildman–Crippen LogP) is 2.36. The zero-order valence-corrected chi connectivity index (χ0v) is 15.6. The molecule has 0 atom stereocenters. The van der Waals surface area contributed by atoms with Crippen LogP contribution in [0.1, 0.15) is 0 Å². The van der Waals surface area contributed by atoms with Crippen molar-refractivity contribution in [3.63, 3.8) is 0 Å². The van der Waals surface area contributed by atoms with Gasteiger partial charge in [0.15, 0.2) is 5.82 Å². The molecule has 8 nitrogen and oxygen atoms in total. The van der Waals surface area contributed by atoms with E-state index in [2.05, 4.69) is 25.3 Å². The van der Waals surface area contributed by atoms with Crippen molar-refractivity contribution in [1.82, 2.24) is 24.7 Å². The molecule has 26 heavy (non-hydrogen) atoms. The molecule has 0 saturated carbocycles. The van der Waals surface area contributed by atoms with Crippen LogP contribution in [0.5, 0.6) is 0 Å². The standard InChI is InChI=1S/C15H14Cl2N6O2S/c16-11-2-3-12(17)13(10-11)26(24,25)20-8-7-18-14-4-5-15(22-21-14)23-9-1-6-19-23/h1-6,9-10,20H,7-8H2,(H,18,21). The van der Waals surface area contributed by atoms with E-state index in [4.69, 9.17) is 23.2 Å². The molecule has 0 bridgehead atoms. The van der Waals surface area contributed by atoms with Crippen molar-refractivity contribution < 1.29 is 8.42 Å². The third-order valence-electron chi connectivity index (χ3n) is 3.30. The van der Waals surface area contributed by atoms with Gasteiger partial charge in [0.1, 0.15) is 10.7 Å². The molecule has 0 aliphatic carbocycles. The monoisotopic (exact) mass is 412 g/mol.